The van der Waals surface area contributed by atoms with E-state index in [0.717, 1.165) is 5.56 Å². The van der Waals surface area contributed by atoms with Gasteiger partial charge in [-0.1, -0.05) is 30.3 Å². The Morgan fingerprint density at radius 3 is 2.50 bits per heavy atom. The number of rotatable bonds is 6. The molecule has 5 nitrogen and oxygen atoms in total. The second kappa shape index (κ2) is 6.05. The lowest BCUT2D eigenvalue weighted by molar-refractivity contribution is -0.178. The number of carbonyl (C=O) groups is 2. The molecule has 0 aromatic heterocycles. The van der Waals surface area contributed by atoms with E-state index in [9.17, 15) is 9.59 Å². The topological polar surface area (TPSA) is 78.6 Å². The van der Waals surface area contributed by atoms with Crippen LogP contribution in [0.25, 0.3) is 0 Å². The molecule has 1 aliphatic carbocycles. The maximum atomic E-state index is 11.8. The zero-order valence-electron chi connectivity index (χ0n) is 11.5. The van der Waals surface area contributed by atoms with Gasteiger partial charge in [0.25, 0.3) is 0 Å². The zero-order chi connectivity index (χ0) is 14.6. The van der Waals surface area contributed by atoms with Crippen LogP contribution >= 0.6 is 0 Å². The summed E-state index contributed by atoms with van der Waals surface area (Å²) in [6.45, 7) is 2.40. The Morgan fingerprint density at radius 2 is 1.95 bits per heavy atom. The van der Waals surface area contributed by atoms with Gasteiger partial charge in [-0.15, -0.1) is 0 Å². The van der Waals surface area contributed by atoms with E-state index in [4.69, 9.17) is 15.2 Å². The molecule has 0 atom stereocenters. The van der Waals surface area contributed by atoms with Crippen LogP contribution in [0.1, 0.15) is 25.3 Å². The van der Waals surface area contributed by atoms with Gasteiger partial charge in [0.05, 0.1) is 19.3 Å². The minimum atomic E-state index is -1.20. The summed E-state index contributed by atoms with van der Waals surface area (Å²) in [4.78, 5) is 23.3. The van der Waals surface area contributed by atoms with Crippen LogP contribution in [0.3, 0.4) is 0 Å². The highest BCUT2D eigenvalue weighted by Crippen LogP contribution is 2.44. The molecule has 2 rings (SSSR count). The van der Waals surface area contributed by atoms with Crippen molar-refractivity contribution in [3.63, 3.8) is 0 Å². The summed E-state index contributed by atoms with van der Waals surface area (Å²) in [5.74, 6) is -1.16. The highest BCUT2D eigenvalue weighted by atomic mass is 16.5. The molecule has 0 aliphatic heterocycles. The van der Waals surface area contributed by atoms with Gasteiger partial charge in [0.15, 0.2) is 5.41 Å². The van der Waals surface area contributed by atoms with E-state index in [1.165, 1.54) is 0 Å². The van der Waals surface area contributed by atoms with Crippen molar-refractivity contribution < 1.29 is 19.1 Å². The molecule has 0 spiro atoms. The number of amides is 1. The van der Waals surface area contributed by atoms with Crippen LogP contribution in [0.2, 0.25) is 0 Å². The molecule has 1 fully saturated rings. The van der Waals surface area contributed by atoms with Gasteiger partial charge in [0, 0.05) is 0 Å². The molecule has 1 aliphatic rings. The summed E-state index contributed by atoms with van der Waals surface area (Å²) in [6.07, 6.45) is 0.467. The first-order chi connectivity index (χ1) is 9.58. The van der Waals surface area contributed by atoms with Crippen LogP contribution in [0.5, 0.6) is 0 Å². The molecular formula is C15H19NO4. The third-order valence-corrected chi connectivity index (χ3v) is 3.62. The summed E-state index contributed by atoms with van der Waals surface area (Å²) in [5, 5.41) is 0. The van der Waals surface area contributed by atoms with E-state index in [0.29, 0.717) is 19.4 Å². The number of benzene rings is 1. The number of hydrogen-bond acceptors (Lipinski definition) is 4. The average Bonchev–Trinajstić information content (AvgIpc) is 2.38. The maximum Gasteiger partial charge on any atom is 0.321 e. The van der Waals surface area contributed by atoms with Crippen LogP contribution in [0.15, 0.2) is 30.3 Å². The van der Waals surface area contributed by atoms with Crippen LogP contribution in [-0.2, 0) is 25.7 Å². The second-order valence-electron chi connectivity index (χ2n) is 4.99. The van der Waals surface area contributed by atoms with E-state index in [1.54, 1.807) is 6.92 Å². The lowest BCUT2D eigenvalue weighted by atomic mass is 9.66. The predicted molar refractivity (Wildman–Crippen MR) is 72.5 cm³/mol. The molecule has 1 aromatic carbocycles. The highest BCUT2D eigenvalue weighted by Gasteiger charge is 2.56. The Bertz CT molecular complexity index is 480. The first kappa shape index (κ1) is 14.5. The van der Waals surface area contributed by atoms with E-state index in [-0.39, 0.29) is 12.7 Å². The lowest BCUT2D eigenvalue weighted by Crippen LogP contribution is -2.56. The fourth-order valence-corrected chi connectivity index (χ4v) is 2.36. The van der Waals surface area contributed by atoms with Crippen LogP contribution in [-0.4, -0.2) is 24.6 Å². The van der Waals surface area contributed by atoms with Gasteiger partial charge in [-0.25, -0.2) is 0 Å². The molecular weight excluding hydrogens is 258 g/mol. The predicted octanol–water partition coefficient (Wildman–Crippen LogP) is 1.40. The molecule has 0 heterocycles. The Balaban J connectivity index is 1.88. The molecule has 1 aromatic rings. The summed E-state index contributed by atoms with van der Waals surface area (Å²) in [5.41, 5.74) is 5.20. The molecule has 20 heavy (non-hydrogen) atoms. The third kappa shape index (κ3) is 2.82. The Labute approximate surface area is 118 Å². The van der Waals surface area contributed by atoms with E-state index >= 15 is 0 Å². The second-order valence-corrected chi connectivity index (χ2v) is 4.99. The minimum Gasteiger partial charge on any atom is -0.465 e. The Morgan fingerprint density at radius 1 is 1.30 bits per heavy atom. The lowest BCUT2D eigenvalue weighted by Gasteiger charge is -2.42. The number of ether oxygens (including phenoxy) is 2. The molecule has 2 N–H and O–H groups in total. The molecule has 1 saturated carbocycles. The maximum absolute atomic E-state index is 11.8. The molecule has 1 amide bonds. The van der Waals surface area contributed by atoms with Gasteiger partial charge in [0.1, 0.15) is 0 Å². The smallest absolute Gasteiger partial charge is 0.321 e. The first-order valence-electron chi connectivity index (χ1n) is 6.71. The standard InChI is InChI=1S/C15H19NO4/c1-2-19-14(18)15(13(16)17)8-12(9-15)20-10-11-6-4-3-5-7-11/h3-7,12H,2,8-10H2,1H3,(H2,16,17). The van der Waals surface area contributed by atoms with Gasteiger partial charge >= 0.3 is 5.97 Å². The number of nitrogens with two attached hydrogens (primary N) is 1. The quantitative estimate of drug-likeness (QED) is 0.629. The van der Waals surface area contributed by atoms with Gasteiger partial charge in [0.2, 0.25) is 5.91 Å². The number of hydrogen-bond donors (Lipinski definition) is 1. The van der Waals surface area contributed by atoms with Crippen molar-refractivity contribution in [3.05, 3.63) is 35.9 Å². The van der Waals surface area contributed by atoms with Crippen molar-refractivity contribution in [2.24, 2.45) is 11.1 Å². The van der Waals surface area contributed by atoms with Crippen molar-refractivity contribution in [1.82, 2.24) is 0 Å². The fraction of sp³-hybridized carbons (Fsp3) is 0.467. The van der Waals surface area contributed by atoms with Crippen molar-refractivity contribution in [2.75, 3.05) is 6.61 Å². The highest BCUT2D eigenvalue weighted by molar-refractivity contribution is 6.03. The summed E-state index contributed by atoms with van der Waals surface area (Å²) in [7, 11) is 0. The van der Waals surface area contributed by atoms with Crippen molar-refractivity contribution >= 4 is 11.9 Å². The van der Waals surface area contributed by atoms with E-state index < -0.39 is 17.3 Å². The van der Waals surface area contributed by atoms with Gasteiger partial charge in [-0.05, 0) is 25.3 Å². The molecule has 0 bridgehead atoms. The summed E-state index contributed by atoms with van der Waals surface area (Å²) < 4.78 is 10.6. The SMILES string of the molecule is CCOC(=O)C1(C(N)=O)CC(OCc2ccccc2)C1. The molecule has 0 radical (unpaired) electrons. The van der Waals surface area contributed by atoms with Gasteiger partial charge in [-0.2, -0.15) is 0 Å². The molecule has 5 heteroatoms. The zero-order valence-corrected chi connectivity index (χ0v) is 11.5. The number of carbonyl (C=O) groups excluding carboxylic acids is 2. The van der Waals surface area contributed by atoms with Crippen LogP contribution in [0, 0.1) is 5.41 Å². The molecule has 0 saturated heterocycles. The molecule has 108 valence electrons. The monoisotopic (exact) mass is 277 g/mol. The summed E-state index contributed by atoms with van der Waals surface area (Å²) in [6, 6.07) is 9.74. The van der Waals surface area contributed by atoms with Crippen molar-refractivity contribution in [2.45, 2.75) is 32.5 Å². The first-order valence-corrected chi connectivity index (χ1v) is 6.71. The fourth-order valence-electron chi connectivity index (χ4n) is 2.36. The Kier molecular flexibility index (Phi) is 4.39. The molecule has 0 unspecified atom stereocenters. The van der Waals surface area contributed by atoms with Gasteiger partial charge in [-0.3, -0.25) is 9.59 Å². The Hall–Kier alpha value is -1.88. The van der Waals surface area contributed by atoms with Crippen LogP contribution in [0.4, 0.5) is 0 Å². The third-order valence-electron chi connectivity index (χ3n) is 3.62. The number of primary amides is 1. The van der Waals surface area contributed by atoms with Crippen molar-refractivity contribution in [1.29, 1.82) is 0 Å². The minimum absolute atomic E-state index is 0.132. The van der Waals surface area contributed by atoms with E-state index in [2.05, 4.69) is 0 Å². The van der Waals surface area contributed by atoms with Crippen molar-refractivity contribution in [3.8, 4) is 0 Å². The summed E-state index contributed by atoms with van der Waals surface area (Å²) >= 11 is 0. The van der Waals surface area contributed by atoms with Gasteiger partial charge < -0.3 is 15.2 Å². The van der Waals surface area contributed by atoms with Crippen LogP contribution < -0.4 is 5.73 Å². The van der Waals surface area contributed by atoms with E-state index in [1.807, 2.05) is 30.3 Å². The largest absolute Gasteiger partial charge is 0.465 e. The average molecular weight is 277 g/mol. The normalized spacial score (nSPS) is 24.8. The number of esters is 1.